The number of nitrogens with one attached hydrogen (secondary N) is 2. The molecule has 0 bridgehead atoms. The lowest BCUT2D eigenvalue weighted by Gasteiger charge is -2.28. The highest BCUT2D eigenvalue weighted by molar-refractivity contribution is 9.10. The fourth-order valence-corrected chi connectivity index (χ4v) is 4.20. The van der Waals surface area contributed by atoms with E-state index in [-0.39, 0.29) is 16.8 Å². The molecule has 0 radical (unpaired) electrons. The Labute approximate surface area is 177 Å². The Hall–Kier alpha value is -1.97. The Morgan fingerprint density at radius 1 is 1.18 bits per heavy atom. The van der Waals surface area contributed by atoms with Gasteiger partial charge in [-0.3, -0.25) is 4.79 Å². The minimum absolute atomic E-state index is 0.146. The second-order valence-electron chi connectivity index (χ2n) is 6.77. The highest BCUT2D eigenvalue weighted by Crippen LogP contribution is 2.32. The largest absolute Gasteiger partial charge is 0.382 e. The molecule has 0 spiro atoms. The zero-order valence-electron chi connectivity index (χ0n) is 15.2. The van der Waals surface area contributed by atoms with Crippen LogP contribution in [-0.2, 0) is 26.9 Å². The summed E-state index contributed by atoms with van der Waals surface area (Å²) in [5.41, 5.74) is 0.294. The van der Waals surface area contributed by atoms with Crippen molar-refractivity contribution in [3.05, 3.63) is 64.1 Å². The minimum Gasteiger partial charge on any atom is -0.382 e. The van der Waals surface area contributed by atoms with Crippen LogP contribution < -0.4 is 14.8 Å². The second-order valence-corrected chi connectivity index (χ2v) is 10.2. The van der Waals surface area contributed by atoms with Crippen molar-refractivity contribution in [2.75, 3.05) is 0 Å². The molecule has 3 rings (SSSR count). The van der Waals surface area contributed by atoms with Crippen molar-refractivity contribution in [3.63, 3.8) is 0 Å². The van der Waals surface area contributed by atoms with Crippen LogP contribution in [-0.4, -0.2) is 24.7 Å². The van der Waals surface area contributed by atoms with Crippen LogP contribution in [0.3, 0.4) is 0 Å². The molecule has 1 unspecified atom stereocenters. The summed E-state index contributed by atoms with van der Waals surface area (Å²) in [4.78, 5) is 12.9. The summed E-state index contributed by atoms with van der Waals surface area (Å²) in [6.07, 6.45) is 0.318. The van der Waals surface area contributed by atoms with Gasteiger partial charge in [0.05, 0.1) is 5.25 Å². The van der Waals surface area contributed by atoms with E-state index in [1.807, 2.05) is 24.3 Å². The maximum absolute atomic E-state index is 12.9. The Bertz CT molecular complexity index is 1040. The van der Waals surface area contributed by atoms with Gasteiger partial charge in [-0.2, -0.15) is 8.42 Å². The Balaban J connectivity index is 2.04. The van der Waals surface area contributed by atoms with E-state index in [0.717, 1.165) is 10.0 Å². The van der Waals surface area contributed by atoms with Gasteiger partial charge in [0.15, 0.2) is 5.11 Å². The van der Waals surface area contributed by atoms with E-state index >= 15 is 0 Å². The van der Waals surface area contributed by atoms with Crippen LogP contribution in [0.15, 0.2) is 53.0 Å². The molecule has 2 aromatic carbocycles. The molecule has 1 atom stereocenters. The quantitative estimate of drug-likeness (QED) is 0.486. The number of benzene rings is 2. The monoisotopic (exact) mass is 482 g/mol. The molecule has 6 nitrogen and oxygen atoms in total. The molecular weight excluding hydrogens is 464 g/mol. The topological polar surface area (TPSA) is 84.5 Å². The third-order valence-corrected chi connectivity index (χ3v) is 6.69. The molecule has 1 aliphatic rings. The maximum Gasteiger partial charge on any atom is 0.311 e. The van der Waals surface area contributed by atoms with Crippen molar-refractivity contribution < 1.29 is 17.4 Å². The summed E-state index contributed by atoms with van der Waals surface area (Å²) in [7, 11) is -3.75. The van der Waals surface area contributed by atoms with Gasteiger partial charge in [-0.15, -0.1) is 0 Å². The van der Waals surface area contributed by atoms with E-state index in [0.29, 0.717) is 12.0 Å². The molecule has 0 aliphatic carbocycles. The van der Waals surface area contributed by atoms with E-state index in [4.69, 9.17) is 16.4 Å². The zero-order valence-corrected chi connectivity index (χ0v) is 18.4. The van der Waals surface area contributed by atoms with Crippen LogP contribution in [0.5, 0.6) is 5.75 Å². The lowest BCUT2D eigenvalue weighted by atomic mass is 9.84. The van der Waals surface area contributed by atoms with Gasteiger partial charge in [0, 0.05) is 10.9 Å². The molecule has 1 saturated heterocycles. The molecular formula is C19H19BrN2O4S2. The first-order chi connectivity index (χ1) is 13.1. The summed E-state index contributed by atoms with van der Waals surface area (Å²) in [6.45, 7) is 3.08. The van der Waals surface area contributed by atoms with E-state index < -0.39 is 20.9 Å². The van der Waals surface area contributed by atoms with Gasteiger partial charge in [-0.25, -0.2) is 0 Å². The smallest absolute Gasteiger partial charge is 0.311 e. The molecule has 2 N–H and O–H groups in total. The molecule has 0 saturated carbocycles. The second kappa shape index (κ2) is 7.81. The van der Waals surface area contributed by atoms with Crippen molar-refractivity contribution in [1.82, 2.24) is 10.6 Å². The number of amides is 1. The lowest BCUT2D eigenvalue weighted by Crippen LogP contribution is -2.45. The van der Waals surface area contributed by atoms with Gasteiger partial charge < -0.3 is 14.8 Å². The highest BCUT2D eigenvalue weighted by atomic mass is 79.9. The number of hydrogen-bond acceptors (Lipinski definition) is 5. The molecule has 1 heterocycles. The number of hydrogen-bond donors (Lipinski definition) is 2. The van der Waals surface area contributed by atoms with Crippen LogP contribution in [0, 0.1) is 0 Å². The average Bonchev–Trinajstić information content (AvgIpc) is 2.89. The number of thiocarbonyl (C=S) groups is 1. The van der Waals surface area contributed by atoms with Crippen LogP contribution in [0.25, 0.3) is 0 Å². The van der Waals surface area contributed by atoms with Crippen molar-refractivity contribution in [2.45, 2.75) is 31.1 Å². The molecule has 1 fully saturated rings. The number of carbonyl (C=O) groups excluding carboxylic acids is 1. The van der Waals surface area contributed by atoms with Crippen LogP contribution in [0.1, 0.15) is 25.0 Å². The fraction of sp³-hybridized carbons (Fsp3) is 0.263. The van der Waals surface area contributed by atoms with Crippen LogP contribution >= 0.6 is 28.1 Å². The fourth-order valence-electron chi connectivity index (χ4n) is 2.92. The summed E-state index contributed by atoms with van der Waals surface area (Å²) < 4.78 is 30.3. The molecule has 0 aromatic heterocycles. The van der Waals surface area contributed by atoms with E-state index in [1.165, 1.54) is 0 Å². The minimum atomic E-state index is -3.75. The third kappa shape index (κ3) is 4.21. The molecule has 1 aliphatic heterocycles. The molecule has 2 aromatic rings. The summed E-state index contributed by atoms with van der Waals surface area (Å²) in [5, 5.41) is 5.24. The van der Waals surface area contributed by atoms with E-state index in [1.54, 1.807) is 38.1 Å². The van der Waals surface area contributed by atoms with Gasteiger partial charge in [0.25, 0.3) is 5.91 Å². The summed E-state index contributed by atoms with van der Waals surface area (Å²) in [5.74, 6) is -0.159. The predicted octanol–water partition coefficient (Wildman–Crippen LogP) is 3.01. The Morgan fingerprint density at radius 3 is 2.50 bits per heavy atom. The van der Waals surface area contributed by atoms with Gasteiger partial charge in [-0.1, -0.05) is 40.2 Å². The van der Waals surface area contributed by atoms with E-state index in [2.05, 4.69) is 26.6 Å². The predicted molar refractivity (Wildman–Crippen MR) is 115 cm³/mol. The Kier molecular flexibility index (Phi) is 5.79. The maximum atomic E-state index is 12.9. The first-order valence-electron chi connectivity index (χ1n) is 8.54. The van der Waals surface area contributed by atoms with E-state index in [9.17, 15) is 13.2 Å². The average molecular weight is 483 g/mol. The van der Waals surface area contributed by atoms with Crippen molar-refractivity contribution >= 4 is 49.3 Å². The normalized spacial score (nSPS) is 19.4. The number of halogens is 1. The zero-order chi connectivity index (χ0) is 20.5. The van der Waals surface area contributed by atoms with Crippen LogP contribution in [0.4, 0.5) is 0 Å². The first-order valence-corrected chi connectivity index (χ1v) is 11.2. The SMILES string of the molecule is CC(C)S(=O)(=O)Oc1cccc(C2(Cc3cccc(Br)c3)NC(=S)NC2=O)c1. The molecule has 148 valence electrons. The standard InChI is InChI=1S/C19H19BrN2O4S2/c1-12(2)28(24,25)26-16-8-4-6-14(10-16)19(17(23)21-18(27)22-19)11-13-5-3-7-15(20)9-13/h3-10,12H,11H2,1-2H3,(H2,21,22,23,27). The molecule has 28 heavy (non-hydrogen) atoms. The molecule has 1 amide bonds. The van der Waals surface area contributed by atoms with Crippen LogP contribution in [0.2, 0.25) is 0 Å². The Morgan fingerprint density at radius 2 is 1.89 bits per heavy atom. The van der Waals surface area contributed by atoms with Crippen molar-refractivity contribution in [1.29, 1.82) is 0 Å². The van der Waals surface area contributed by atoms with Gasteiger partial charge >= 0.3 is 10.1 Å². The van der Waals surface area contributed by atoms with Gasteiger partial charge in [-0.05, 0) is 61.5 Å². The number of carbonyl (C=O) groups is 1. The third-order valence-electron chi connectivity index (χ3n) is 4.42. The highest BCUT2D eigenvalue weighted by Gasteiger charge is 2.46. The lowest BCUT2D eigenvalue weighted by molar-refractivity contribution is -0.124. The van der Waals surface area contributed by atoms with Crippen molar-refractivity contribution in [3.8, 4) is 5.75 Å². The number of rotatable bonds is 6. The van der Waals surface area contributed by atoms with Gasteiger partial charge in [0.1, 0.15) is 11.3 Å². The summed E-state index contributed by atoms with van der Waals surface area (Å²) in [6, 6.07) is 14.1. The summed E-state index contributed by atoms with van der Waals surface area (Å²) >= 11 is 8.60. The molecule has 9 heteroatoms. The van der Waals surface area contributed by atoms with Gasteiger partial charge in [0.2, 0.25) is 0 Å². The first kappa shape index (κ1) is 20.8. The van der Waals surface area contributed by atoms with Crippen molar-refractivity contribution in [2.24, 2.45) is 0 Å².